The molecule has 0 aromatic heterocycles. The summed E-state index contributed by atoms with van der Waals surface area (Å²) in [7, 11) is 2.15. The lowest BCUT2D eigenvalue weighted by Crippen LogP contribution is -2.45. The highest BCUT2D eigenvalue weighted by Gasteiger charge is 2.30. The molecule has 1 fully saturated rings. The Morgan fingerprint density at radius 3 is 2.70 bits per heavy atom. The molecule has 2 aromatic rings. The Morgan fingerprint density at radius 1 is 1.12 bits per heavy atom. The second-order valence-electron chi connectivity index (χ2n) is 8.37. The molecule has 0 aliphatic carbocycles. The molecule has 2 aliphatic heterocycles. The first-order valence-electron chi connectivity index (χ1n) is 11.2. The van der Waals surface area contributed by atoms with Crippen LogP contribution in [-0.4, -0.2) is 74.5 Å². The van der Waals surface area contributed by atoms with Crippen molar-refractivity contribution in [3.63, 3.8) is 0 Å². The van der Waals surface area contributed by atoms with Crippen LogP contribution in [0.3, 0.4) is 0 Å². The van der Waals surface area contributed by atoms with E-state index >= 15 is 0 Å². The Labute approximate surface area is 208 Å². The van der Waals surface area contributed by atoms with Crippen molar-refractivity contribution in [3.05, 3.63) is 63.5 Å². The Morgan fingerprint density at radius 2 is 1.91 bits per heavy atom. The number of likely N-dealkylation sites (N-methyl/N-ethyl adjacent to an activating group) is 1. The smallest absolute Gasteiger partial charge is 0.265 e. The van der Waals surface area contributed by atoms with Crippen molar-refractivity contribution in [2.45, 2.75) is 11.3 Å². The number of nitrogens with zero attached hydrogens (tertiary/aromatic N) is 3. The third kappa shape index (κ3) is 6.47. The van der Waals surface area contributed by atoms with Crippen LogP contribution in [0, 0.1) is 0 Å². The maximum Gasteiger partial charge on any atom is 0.265 e. The fourth-order valence-electron chi connectivity index (χ4n) is 3.97. The minimum absolute atomic E-state index is 0.0146. The minimum atomic E-state index is -0.147. The molecular weight excluding hydrogens is 500 g/mol. The summed E-state index contributed by atoms with van der Waals surface area (Å²) >= 11 is 4.93. The van der Waals surface area contributed by atoms with E-state index in [0.717, 1.165) is 59.8 Å². The van der Waals surface area contributed by atoms with E-state index in [1.807, 2.05) is 54.6 Å². The molecule has 0 atom stereocenters. The topological polar surface area (TPSA) is 55.9 Å². The fourth-order valence-corrected chi connectivity index (χ4v) is 5.44. The van der Waals surface area contributed by atoms with Gasteiger partial charge in [0.05, 0.1) is 10.6 Å². The first-order valence-corrected chi connectivity index (χ1v) is 12.8. The van der Waals surface area contributed by atoms with E-state index in [1.54, 1.807) is 4.90 Å². The molecule has 0 bridgehead atoms. The van der Waals surface area contributed by atoms with Crippen LogP contribution in [-0.2, 0) is 9.59 Å². The third-order valence-electron chi connectivity index (χ3n) is 5.85. The van der Waals surface area contributed by atoms with Gasteiger partial charge < -0.3 is 15.1 Å². The molecule has 8 heteroatoms. The Bertz CT molecular complexity index is 1040. The molecule has 4 rings (SSSR count). The van der Waals surface area contributed by atoms with Gasteiger partial charge in [-0.15, -0.1) is 0 Å². The highest BCUT2D eigenvalue weighted by Crippen LogP contribution is 2.41. The molecule has 6 nitrogen and oxygen atoms in total. The van der Waals surface area contributed by atoms with E-state index in [9.17, 15) is 9.59 Å². The first-order chi connectivity index (χ1) is 16.0. The number of carbonyl (C=O) groups excluding carboxylic acids is 2. The number of amides is 2. The van der Waals surface area contributed by atoms with Gasteiger partial charge in [0.25, 0.3) is 5.91 Å². The zero-order valence-corrected chi connectivity index (χ0v) is 21.2. The number of halogens is 1. The van der Waals surface area contributed by atoms with Crippen molar-refractivity contribution < 1.29 is 9.59 Å². The normalized spacial score (nSPS) is 18.4. The molecule has 2 heterocycles. The van der Waals surface area contributed by atoms with E-state index in [1.165, 1.54) is 11.8 Å². The summed E-state index contributed by atoms with van der Waals surface area (Å²) in [5.41, 5.74) is 1.72. The lowest BCUT2D eigenvalue weighted by Gasteiger charge is -2.32. The Hall–Kier alpha value is -2.13. The number of piperazine rings is 1. The largest absolute Gasteiger partial charge is 0.355 e. The Kier molecular flexibility index (Phi) is 8.25. The number of anilines is 1. The number of rotatable bonds is 7. The van der Waals surface area contributed by atoms with Crippen LogP contribution in [0.1, 0.15) is 12.0 Å². The van der Waals surface area contributed by atoms with Gasteiger partial charge in [-0.3, -0.25) is 14.5 Å². The summed E-state index contributed by atoms with van der Waals surface area (Å²) in [6.45, 7) is 5.96. The number of nitrogens with one attached hydrogen (secondary N) is 1. The predicted octanol–water partition coefficient (Wildman–Crippen LogP) is 3.68. The SMILES string of the molecule is CN1CCN(CCCNC(=O)CN2C(=O)/C(=C\c3cccc(Br)c3)Sc3ccccc32)CC1. The van der Waals surface area contributed by atoms with Crippen molar-refractivity contribution in [2.75, 3.05) is 57.8 Å². The van der Waals surface area contributed by atoms with Gasteiger partial charge in [0, 0.05) is 42.1 Å². The van der Waals surface area contributed by atoms with Crippen LogP contribution in [0.2, 0.25) is 0 Å². The van der Waals surface area contributed by atoms with Crippen LogP contribution < -0.4 is 10.2 Å². The molecule has 2 amide bonds. The second-order valence-corrected chi connectivity index (χ2v) is 10.4. The van der Waals surface area contributed by atoms with E-state index in [2.05, 4.69) is 38.1 Å². The molecule has 1 saturated heterocycles. The number of para-hydroxylation sites is 1. The quantitative estimate of drug-likeness (QED) is 0.438. The summed E-state index contributed by atoms with van der Waals surface area (Å²) in [5.74, 6) is -0.281. The van der Waals surface area contributed by atoms with Crippen LogP contribution in [0.4, 0.5) is 5.69 Å². The van der Waals surface area contributed by atoms with E-state index in [4.69, 9.17) is 0 Å². The lowest BCUT2D eigenvalue weighted by atomic mass is 10.2. The number of benzene rings is 2. The highest BCUT2D eigenvalue weighted by atomic mass is 79.9. The van der Waals surface area contributed by atoms with Gasteiger partial charge in [0.1, 0.15) is 6.54 Å². The standard InChI is InChI=1S/C25H29BrN4O2S/c1-28-12-14-29(15-13-28)11-5-10-27-24(31)18-30-21-8-2-3-9-22(21)33-23(25(30)32)17-19-6-4-7-20(26)16-19/h2-4,6-9,16-17H,5,10-15,18H2,1H3,(H,27,31)/b23-17+. The van der Waals surface area contributed by atoms with Crippen molar-refractivity contribution in [1.82, 2.24) is 15.1 Å². The van der Waals surface area contributed by atoms with Gasteiger partial charge in [0.2, 0.25) is 5.91 Å². The number of hydrogen-bond acceptors (Lipinski definition) is 5. The van der Waals surface area contributed by atoms with E-state index < -0.39 is 0 Å². The van der Waals surface area contributed by atoms with Crippen LogP contribution in [0.15, 0.2) is 62.8 Å². The molecule has 0 unspecified atom stereocenters. The minimum Gasteiger partial charge on any atom is -0.355 e. The molecule has 2 aliphatic rings. The van der Waals surface area contributed by atoms with Gasteiger partial charge in [-0.25, -0.2) is 0 Å². The lowest BCUT2D eigenvalue weighted by molar-refractivity contribution is -0.122. The molecule has 0 saturated carbocycles. The van der Waals surface area contributed by atoms with Gasteiger partial charge in [-0.1, -0.05) is 52.0 Å². The zero-order valence-electron chi connectivity index (χ0n) is 18.8. The molecular formula is C25H29BrN4O2S. The average Bonchev–Trinajstić information content (AvgIpc) is 2.81. The Balaban J connectivity index is 1.38. The maximum absolute atomic E-state index is 13.3. The number of carbonyl (C=O) groups is 2. The van der Waals surface area contributed by atoms with Gasteiger partial charge >= 0.3 is 0 Å². The second kappa shape index (κ2) is 11.3. The molecule has 0 spiro atoms. The molecule has 2 aromatic carbocycles. The number of thioether (sulfide) groups is 1. The summed E-state index contributed by atoms with van der Waals surface area (Å²) in [4.78, 5) is 34.0. The number of hydrogen-bond donors (Lipinski definition) is 1. The first kappa shape index (κ1) is 24.0. The van der Waals surface area contributed by atoms with Gasteiger partial charge in [-0.2, -0.15) is 0 Å². The van der Waals surface area contributed by atoms with Gasteiger partial charge in [-0.05, 0) is 55.9 Å². The molecule has 33 heavy (non-hydrogen) atoms. The third-order valence-corrected chi connectivity index (χ3v) is 7.42. The van der Waals surface area contributed by atoms with E-state index in [0.29, 0.717) is 11.4 Å². The fraction of sp³-hybridized carbons (Fsp3) is 0.360. The van der Waals surface area contributed by atoms with E-state index in [-0.39, 0.29) is 18.4 Å². The summed E-state index contributed by atoms with van der Waals surface area (Å²) < 4.78 is 0.957. The van der Waals surface area contributed by atoms with Crippen LogP contribution >= 0.6 is 27.7 Å². The average molecular weight is 530 g/mol. The van der Waals surface area contributed by atoms with Crippen LogP contribution in [0.5, 0.6) is 0 Å². The van der Waals surface area contributed by atoms with Gasteiger partial charge in [0.15, 0.2) is 0 Å². The molecule has 1 N–H and O–H groups in total. The summed E-state index contributed by atoms with van der Waals surface area (Å²) in [5, 5.41) is 3.00. The van der Waals surface area contributed by atoms with Crippen molar-refractivity contribution in [3.8, 4) is 0 Å². The monoisotopic (exact) mass is 528 g/mol. The molecule has 174 valence electrons. The van der Waals surface area contributed by atoms with Crippen molar-refractivity contribution >= 4 is 51.3 Å². The summed E-state index contributed by atoms with van der Waals surface area (Å²) in [6, 6.07) is 15.6. The number of fused-ring (bicyclic) bond motifs is 1. The van der Waals surface area contributed by atoms with Crippen molar-refractivity contribution in [2.24, 2.45) is 0 Å². The highest BCUT2D eigenvalue weighted by molar-refractivity contribution is 9.10. The van der Waals surface area contributed by atoms with Crippen molar-refractivity contribution in [1.29, 1.82) is 0 Å². The maximum atomic E-state index is 13.3. The summed E-state index contributed by atoms with van der Waals surface area (Å²) in [6.07, 6.45) is 2.79. The zero-order chi connectivity index (χ0) is 23.2. The van der Waals surface area contributed by atoms with Crippen LogP contribution in [0.25, 0.3) is 6.08 Å². The molecule has 0 radical (unpaired) electrons. The predicted molar refractivity (Wildman–Crippen MR) is 138 cm³/mol.